The summed E-state index contributed by atoms with van der Waals surface area (Å²) in [6.45, 7) is 3.97. The van der Waals surface area contributed by atoms with Crippen LogP contribution >= 0.6 is 11.6 Å². The number of nitrogens with zero attached hydrogens (tertiary/aromatic N) is 8. The molecule has 4 aromatic rings. The van der Waals surface area contributed by atoms with Crippen LogP contribution in [0.2, 0.25) is 5.28 Å². The Labute approximate surface area is 190 Å². The molecule has 1 unspecified atom stereocenters. The molecule has 4 rings (SSSR count). The number of aryl methyl sites for hydroxylation is 2. The number of ether oxygens (including phenoxy) is 1. The summed E-state index contributed by atoms with van der Waals surface area (Å²) in [5.74, 6) is -1.03. The van der Waals surface area contributed by atoms with Gasteiger partial charge in [0, 0.05) is 12.3 Å². The minimum Gasteiger partial charge on any atom is -0.469 e. The summed E-state index contributed by atoms with van der Waals surface area (Å²) in [5, 5.41) is 20.5. The Balaban J connectivity index is 1.58. The summed E-state index contributed by atoms with van der Waals surface area (Å²) in [4.78, 5) is 22.8. The Hall–Kier alpha value is -3.74. The lowest BCUT2D eigenvalue weighted by molar-refractivity contribution is -0.386. The zero-order valence-electron chi connectivity index (χ0n) is 17.7. The summed E-state index contributed by atoms with van der Waals surface area (Å²) in [6.07, 6.45) is 0.912. The molecule has 4 heterocycles. The van der Waals surface area contributed by atoms with Crippen molar-refractivity contribution in [2.24, 2.45) is 0 Å². The molecule has 0 radical (unpaired) electrons. The molecule has 0 bridgehead atoms. The number of nitro groups is 1. The van der Waals surface area contributed by atoms with Gasteiger partial charge >= 0.3 is 11.6 Å². The van der Waals surface area contributed by atoms with Gasteiger partial charge in [0.05, 0.1) is 40.1 Å². The third-order valence-corrected chi connectivity index (χ3v) is 5.09. The summed E-state index contributed by atoms with van der Waals surface area (Å²) in [5.41, 5.74) is 1.19. The fraction of sp³-hybridized carbons (Fsp3) is 0.316. The lowest BCUT2D eigenvalue weighted by Crippen LogP contribution is -2.21. The standard InChI is InChI=1S/C19H17ClF2N8O3/c1-9-14-6-24-19(20)25-17(14)28(26-9)7-13(22)8-33-18-16(30(31)32)11(3)29(27-18)15-4-12(21)5-23-10(15)2/h4-6,13H,7-8H2,1-3H3. The van der Waals surface area contributed by atoms with Crippen LogP contribution in [-0.2, 0) is 6.54 Å². The van der Waals surface area contributed by atoms with Gasteiger partial charge in [-0.3, -0.25) is 15.1 Å². The highest BCUT2D eigenvalue weighted by atomic mass is 35.5. The summed E-state index contributed by atoms with van der Waals surface area (Å²) in [6, 6.07) is 1.14. The van der Waals surface area contributed by atoms with Crippen molar-refractivity contribution in [3.63, 3.8) is 0 Å². The average molecular weight is 479 g/mol. The Bertz CT molecular complexity index is 1370. The van der Waals surface area contributed by atoms with E-state index in [1.54, 1.807) is 13.8 Å². The molecular formula is C19H17ClF2N8O3. The van der Waals surface area contributed by atoms with E-state index in [-0.39, 0.29) is 23.2 Å². The van der Waals surface area contributed by atoms with Crippen molar-refractivity contribution in [2.75, 3.05) is 6.61 Å². The maximum atomic E-state index is 14.8. The van der Waals surface area contributed by atoms with Crippen molar-refractivity contribution < 1.29 is 18.4 Å². The van der Waals surface area contributed by atoms with Gasteiger partial charge in [0.15, 0.2) is 11.8 Å². The van der Waals surface area contributed by atoms with Crippen LogP contribution in [0.1, 0.15) is 17.1 Å². The number of hydrogen-bond acceptors (Lipinski definition) is 8. The minimum atomic E-state index is -1.61. The van der Waals surface area contributed by atoms with Crippen LogP contribution in [0.3, 0.4) is 0 Å². The van der Waals surface area contributed by atoms with E-state index in [0.717, 1.165) is 16.9 Å². The van der Waals surface area contributed by atoms with Gasteiger partial charge in [-0.15, -0.1) is 5.10 Å². The van der Waals surface area contributed by atoms with E-state index in [1.165, 1.54) is 17.8 Å². The van der Waals surface area contributed by atoms with Crippen molar-refractivity contribution in [1.29, 1.82) is 0 Å². The lowest BCUT2D eigenvalue weighted by Gasteiger charge is -2.09. The molecule has 4 aromatic heterocycles. The largest absolute Gasteiger partial charge is 0.469 e. The third kappa shape index (κ3) is 4.31. The fourth-order valence-electron chi connectivity index (χ4n) is 3.34. The predicted octanol–water partition coefficient (Wildman–Crippen LogP) is 3.45. The van der Waals surface area contributed by atoms with Gasteiger partial charge in [0.1, 0.15) is 18.1 Å². The Morgan fingerprint density at radius 1 is 1.21 bits per heavy atom. The number of aromatic nitrogens is 7. The van der Waals surface area contributed by atoms with Crippen molar-refractivity contribution >= 4 is 28.3 Å². The van der Waals surface area contributed by atoms with Crippen LogP contribution in [0.5, 0.6) is 5.88 Å². The monoisotopic (exact) mass is 478 g/mol. The molecule has 0 saturated carbocycles. The Morgan fingerprint density at radius 3 is 2.70 bits per heavy atom. The molecule has 0 spiro atoms. The third-order valence-electron chi connectivity index (χ3n) is 4.91. The highest BCUT2D eigenvalue weighted by Gasteiger charge is 2.29. The summed E-state index contributed by atoms with van der Waals surface area (Å²) in [7, 11) is 0. The maximum Gasteiger partial charge on any atom is 0.353 e. The molecule has 0 aliphatic rings. The number of halogens is 3. The first kappa shape index (κ1) is 22.5. The van der Waals surface area contributed by atoms with Crippen molar-refractivity contribution in [2.45, 2.75) is 33.5 Å². The average Bonchev–Trinajstić information content (AvgIpc) is 3.24. The molecule has 11 nitrogen and oxygen atoms in total. The maximum absolute atomic E-state index is 14.8. The first-order valence-electron chi connectivity index (χ1n) is 9.64. The van der Waals surface area contributed by atoms with E-state index >= 15 is 0 Å². The van der Waals surface area contributed by atoms with Gasteiger partial charge in [-0.1, -0.05) is 0 Å². The van der Waals surface area contributed by atoms with Gasteiger partial charge in [-0.2, -0.15) is 10.1 Å². The topological polar surface area (TPSA) is 127 Å². The Morgan fingerprint density at radius 2 is 1.97 bits per heavy atom. The molecule has 33 heavy (non-hydrogen) atoms. The minimum absolute atomic E-state index is 0.00548. The van der Waals surface area contributed by atoms with Crippen molar-refractivity contribution in [1.82, 2.24) is 34.5 Å². The number of rotatable bonds is 7. The number of pyridine rings is 1. The number of fused-ring (bicyclic) bond motifs is 1. The normalized spacial score (nSPS) is 12.3. The zero-order chi connectivity index (χ0) is 23.9. The first-order chi connectivity index (χ1) is 15.7. The molecule has 0 N–H and O–H groups in total. The highest BCUT2D eigenvalue weighted by molar-refractivity contribution is 6.28. The first-order valence-corrected chi connectivity index (χ1v) is 10.0. The smallest absolute Gasteiger partial charge is 0.353 e. The molecule has 172 valence electrons. The molecule has 0 aromatic carbocycles. The summed E-state index contributed by atoms with van der Waals surface area (Å²) >= 11 is 5.83. The van der Waals surface area contributed by atoms with Gasteiger partial charge in [-0.05, 0) is 32.4 Å². The van der Waals surface area contributed by atoms with Crippen LogP contribution in [-0.4, -0.2) is 52.2 Å². The molecular weight excluding hydrogens is 462 g/mol. The molecule has 0 aliphatic carbocycles. The van der Waals surface area contributed by atoms with Gasteiger partial charge in [0.2, 0.25) is 5.28 Å². The van der Waals surface area contributed by atoms with Crippen molar-refractivity contribution in [3.8, 4) is 11.6 Å². The van der Waals surface area contributed by atoms with E-state index in [4.69, 9.17) is 16.3 Å². The van der Waals surface area contributed by atoms with E-state index < -0.39 is 35.1 Å². The fourth-order valence-corrected chi connectivity index (χ4v) is 3.47. The van der Waals surface area contributed by atoms with E-state index in [9.17, 15) is 18.9 Å². The molecule has 0 fully saturated rings. The number of alkyl halides is 1. The van der Waals surface area contributed by atoms with Crippen LogP contribution < -0.4 is 4.74 Å². The van der Waals surface area contributed by atoms with E-state index in [1.807, 2.05) is 0 Å². The van der Waals surface area contributed by atoms with Crippen LogP contribution in [0, 0.1) is 36.7 Å². The zero-order valence-corrected chi connectivity index (χ0v) is 18.4. The predicted molar refractivity (Wildman–Crippen MR) is 113 cm³/mol. The van der Waals surface area contributed by atoms with Crippen LogP contribution in [0.15, 0.2) is 18.5 Å². The second-order valence-corrected chi connectivity index (χ2v) is 7.56. The molecule has 0 amide bonds. The highest BCUT2D eigenvalue weighted by Crippen LogP contribution is 2.32. The Kier molecular flexibility index (Phi) is 5.89. The van der Waals surface area contributed by atoms with Crippen LogP contribution in [0.25, 0.3) is 16.7 Å². The molecule has 14 heteroatoms. The SMILES string of the molecule is Cc1ncc(F)cc1-n1nc(OCC(F)Cn2nc(C)c3cnc(Cl)nc32)c([N+](=O)[O-])c1C. The van der Waals surface area contributed by atoms with Gasteiger partial charge in [0.25, 0.3) is 0 Å². The number of hydrogen-bond donors (Lipinski definition) is 0. The summed E-state index contributed by atoms with van der Waals surface area (Å²) < 4.78 is 36.3. The molecule has 1 atom stereocenters. The van der Waals surface area contributed by atoms with E-state index in [2.05, 4.69) is 25.1 Å². The van der Waals surface area contributed by atoms with Crippen LogP contribution in [0.4, 0.5) is 14.5 Å². The molecule has 0 aliphatic heterocycles. The quantitative estimate of drug-likeness (QED) is 0.224. The van der Waals surface area contributed by atoms with Gasteiger partial charge < -0.3 is 4.74 Å². The van der Waals surface area contributed by atoms with Crippen molar-refractivity contribution in [3.05, 3.63) is 56.8 Å². The lowest BCUT2D eigenvalue weighted by atomic mass is 10.3. The molecule has 0 saturated heterocycles. The van der Waals surface area contributed by atoms with E-state index in [0.29, 0.717) is 22.4 Å². The second-order valence-electron chi connectivity index (χ2n) is 7.22. The van der Waals surface area contributed by atoms with Gasteiger partial charge in [-0.25, -0.2) is 23.1 Å². The second kappa shape index (κ2) is 8.65.